The van der Waals surface area contributed by atoms with Crippen LogP contribution < -0.4 is 10.1 Å². The Bertz CT molecular complexity index is 892. The number of hydrogen-bond donors (Lipinski definition) is 1. The first-order valence-corrected chi connectivity index (χ1v) is 11.0. The molecule has 10 heteroatoms. The van der Waals surface area contributed by atoms with Crippen molar-refractivity contribution < 1.29 is 20.5 Å². The van der Waals surface area contributed by atoms with Gasteiger partial charge >= 0.3 is 6.09 Å². The fraction of sp³-hybridized carbons (Fsp3) is 0.524. The smallest absolute Gasteiger partial charge is 0.408 e. The summed E-state index contributed by atoms with van der Waals surface area (Å²) in [6.45, 7) is 8.92. The Hall–Kier alpha value is -2.72. The van der Waals surface area contributed by atoms with Gasteiger partial charge in [0, 0.05) is 50.8 Å². The second-order valence-corrected chi connectivity index (χ2v) is 9.28. The molecule has 3 rings (SSSR count). The Morgan fingerprint density at radius 1 is 1.23 bits per heavy atom. The zero-order valence-corrected chi connectivity index (χ0v) is 19.2. The van der Waals surface area contributed by atoms with E-state index in [0.29, 0.717) is 12.4 Å². The Morgan fingerprint density at radius 3 is 2.61 bits per heavy atom. The van der Waals surface area contributed by atoms with Crippen molar-refractivity contribution in [2.45, 2.75) is 32.9 Å². The van der Waals surface area contributed by atoms with Crippen LogP contribution in [0.5, 0.6) is 5.88 Å². The standard InChI is InChI=1S/C21H29N5O4S.H2/c1-21(2,3)30-20(28)23-12-18-24-16(14-31-18)15-5-6-17(22-11-15)29-13-19(27)26-9-7-25(4)8-10-26;/h5-6,11,14H,7-10,12-13H2,1-4H3,(H,23,28);1H. The molecule has 0 unspecified atom stereocenters. The summed E-state index contributed by atoms with van der Waals surface area (Å²) < 4.78 is 10.8. The highest BCUT2D eigenvalue weighted by Gasteiger charge is 2.19. The zero-order chi connectivity index (χ0) is 22.4. The van der Waals surface area contributed by atoms with Gasteiger partial charge in [-0.25, -0.2) is 14.8 Å². The van der Waals surface area contributed by atoms with Gasteiger partial charge in [0.15, 0.2) is 6.61 Å². The number of hydrogen-bond acceptors (Lipinski definition) is 8. The molecule has 0 atom stereocenters. The molecule has 0 radical (unpaired) electrons. The van der Waals surface area contributed by atoms with Gasteiger partial charge in [0.2, 0.25) is 5.88 Å². The second-order valence-electron chi connectivity index (χ2n) is 8.34. The van der Waals surface area contributed by atoms with E-state index < -0.39 is 11.7 Å². The summed E-state index contributed by atoms with van der Waals surface area (Å²) in [7, 11) is 2.05. The number of ether oxygens (including phenoxy) is 2. The van der Waals surface area contributed by atoms with Gasteiger partial charge in [-0.15, -0.1) is 11.3 Å². The number of amides is 2. The molecule has 0 spiro atoms. The van der Waals surface area contributed by atoms with Crippen LogP contribution >= 0.6 is 11.3 Å². The first-order valence-electron chi connectivity index (χ1n) is 10.2. The molecule has 0 bridgehead atoms. The predicted molar refractivity (Wildman–Crippen MR) is 120 cm³/mol. The number of carbonyl (C=O) groups is 2. The number of aromatic nitrogens is 2. The molecule has 0 aromatic carbocycles. The van der Waals surface area contributed by atoms with Crippen molar-refractivity contribution in [3.8, 4) is 17.1 Å². The Morgan fingerprint density at radius 2 is 1.97 bits per heavy atom. The molecule has 2 aromatic heterocycles. The normalized spacial score (nSPS) is 14.9. The number of likely N-dealkylation sites (N-methyl/N-ethyl adjacent to an activating group) is 1. The van der Waals surface area contributed by atoms with Crippen molar-refractivity contribution in [3.63, 3.8) is 0 Å². The first-order chi connectivity index (χ1) is 14.7. The van der Waals surface area contributed by atoms with Crippen molar-refractivity contribution in [2.24, 2.45) is 0 Å². The number of nitrogens with zero attached hydrogens (tertiary/aromatic N) is 4. The molecule has 1 aliphatic heterocycles. The van der Waals surface area contributed by atoms with Crippen molar-refractivity contribution in [1.82, 2.24) is 25.1 Å². The molecule has 31 heavy (non-hydrogen) atoms. The van der Waals surface area contributed by atoms with Crippen LogP contribution in [0.2, 0.25) is 0 Å². The molecule has 1 saturated heterocycles. The van der Waals surface area contributed by atoms with Crippen LogP contribution in [0.1, 0.15) is 27.2 Å². The summed E-state index contributed by atoms with van der Waals surface area (Å²) in [4.78, 5) is 36.8. The van der Waals surface area contributed by atoms with E-state index in [1.54, 1.807) is 12.3 Å². The molecular formula is C21H31N5O4S. The third-order valence-electron chi connectivity index (χ3n) is 4.57. The fourth-order valence-corrected chi connectivity index (χ4v) is 3.63. The molecule has 3 heterocycles. The molecule has 1 N–H and O–H groups in total. The summed E-state index contributed by atoms with van der Waals surface area (Å²) >= 11 is 1.44. The minimum absolute atomic E-state index is 0. The van der Waals surface area contributed by atoms with Crippen molar-refractivity contribution in [1.29, 1.82) is 0 Å². The van der Waals surface area contributed by atoms with Crippen molar-refractivity contribution in [2.75, 3.05) is 39.8 Å². The average Bonchev–Trinajstić information content (AvgIpc) is 3.19. The number of pyridine rings is 1. The SMILES string of the molecule is CN1CCN(C(=O)COc2ccc(-c3csc(CNC(=O)OC(C)(C)C)n3)cn2)CC1.[HH]. The van der Waals surface area contributed by atoms with Crippen LogP contribution in [-0.2, 0) is 16.1 Å². The lowest BCUT2D eigenvalue weighted by Crippen LogP contribution is -2.48. The number of thiazole rings is 1. The molecule has 1 fully saturated rings. The summed E-state index contributed by atoms with van der Waals surface area (Å²) in [6.07, 6.45) is 1.19. The molecule has 0 saturated carbocycles. The molecule has 2 amide bonds. The lowest BCUT2D eigenvalue weighted by atomic mass is 10.2. The second kappa shape index (κ2) is 10.1. The van der Waals surface area contributed by atoms with Gasteiger partial charge in [-0.05, 0) is 33.9 Å². The fourth-order valence-electron chi connectivity index (χ4n) is 2.89. The topological polar surface area (TPSA) is 96.9 Å². The number of alkyl carbamates (subject to hydrolysis) is 1. The summed E-state index contributed by atoms with van der Waals surface area (Å²) in [5.41, 5.74) is 1.05. The number of nitrogens with one attached hydrogen (secondary N) is 1. The molecule has 1 aliphatic rings. The van der Waals surface area contributed by atoms with Gasteiger partial charge in [0.05, 0.1) is 12.2 Å². The number of piperazine rings is 1. The molecule has 9 nitrogen and oxygen atoms in total. The molecule has 0 aliphatic carbocycles. The average molecular weight is 450 g/mol. The maximum atomic E-state index is 12.3. The van der Waals surface area contributed by atoms with Gasteiger partial charge in [-0.1, -0.05) is 0 Å². The van der Waals surface area contributed by atoms with Gasteiger partial charge in [-0.3, -0.25) is 4.79 Å². The monoisotopic (exact) mass is 449 g/mol. The van der Waals surface area contributed by atoms with E-state index >= 15 is 0 Å². The van der Waals surface area contributed by atoms with Gasteiger partial charge in [-0.2, -0.15) is 0 Å². The lowest BCUT2D eigenvalue weighted by molar-refractivity contribution is -0.135. The number of carbonyl (C=O) groups excluding carboxylic acids is 2. The van der Waals surface area contributed by atoms with Crippen LogP contribution in [0.15, 0.2) is 23.7 Å². The highest BCUT2D eigenvalue weighted by Crippen LogP contribution is 2.23. The Balaban J connectivity index is 0.00000363. The zero-order valence-electron chi connectivity index (χ0n) is 18.4. The lowest BCUT2D eigenvalue weighted by Gasteiger charge is -2.32. The molecular weight excluding hydrogens is 418 g/mol. The predicted octanol–water partition coefficient (Wildman–Crippen LogP) is 2.63. The Kier molecular flexibility index (Phi) is 7.45. The third kappa shape index (κ3) is 7.18. The Labute approximate surface area is 187 Å². The van der Waals surface area contributed by atoms with Gasteiger partial charge in [0.25, 0.3) is 5.91 Å². The third-order valence-corrected chi connectivity index (χ3v) is 5.42. The summed E-state index contributed by atoms with van der Waals surface area (Å²) in [5, 5.41) is 5.36. The van der Waals surface area contributed by atoms with Crippen molar-refractivity contribution >= 4 is 23.3 Å². The van der Waals surface area contributed by atoms with E-state index in [0.717, 1.165) is 42.4 Å². The largest absolute Gasteiger partial charge is 0.468 e. The highest BCUT2D eigenvalue weighted by atomic mass is 32.1. The van der Waals surface area contributed by atoms with Gasteiger partial charge in [0.1, 0.15) is 10.6 Å². The van der Waals surface area contributed by atoms with Crippen LogP contribution in [0.25, 0.3) is 11.3 Å². The quantitative estimate of drug-likeness (QED) is 0.724. The molecule has 2 aromatic rings. The van der Waals surface area contributed by atoms with Crippen molar-refractivity contribution in [3.05, 3.63) is 28.7 Å². The minimum Gasteiger partial charge on any atom is -0.468 e. The maximum Gasteiger partial charge on any atom is 0.408 e. The van der Waals surface area contributed by atoms with E-state index in [9.17, 15) is 9.59 Å². The summed E-state index contributed by atoms with van der Waals surface area (Å²) in [5.74, 6) is 0.369. The van der Waals surface area contributed by atoms with E-state index in [-0.39, 0.29) is 13.9 Å². The van der Waals surface area contributed by atoms with Crippen LogP contribution in [-0.4, -0.2) is 77.2 Å². The van der Waals surface area contributed by atoms with E-state index in [4.69, 9.17) is 9.47 Å². The van der Waals surface area contributed by atoms with E-state index in [2.05, 4.69) is 20.2 Å². The molecule has 170 valence electrons. The van der Waals surface area contributed by atoms with Gasteiger partial charge < -0.3 is 24.6 Å². The first kappa shape index (κ1) is 23.0. The van der Waals surface area contributed by atoms with E-state index in [1.807, 2.05) is 44.2 Å². The minimum atomic E-state index is -0.539. The van der Waals surface area contributed by atoms with Crippen LogP contribution in [0.4, 0.5) is 4.79 Å². The number of rotatable bonds is 6. The van der Waals surface area contributed by atoms with Crippen LogP contribution in [0.3, 0.4) is 0 Å². The summed E-state index contributed by atoms with van der Waals surface area (Å²) in [6, 6.07) is 3.58. The maximum absolute atomic E-state index is 12.3. The van der Waals surface area contributed by atoms with Crippen LogP contribution in [0, 0.1) is 0 Å². The highest BCUT2D eigenvalue weighted by molar-refractivity contribution is 7.09. The van der Waals surface area contributed by atoms with E-state index in [1.165, 1.54) is 11.3 Å².